The van der Waals surface area contributed by atoms with Gasteiger partial charge in [0.15, 0.2) is 0 Å². The van der Waals surface area contributed by atoms with Gasteiger partial charge in [-0.15, -0.1) is 0 Å². The minimum Gasteiger partial charge on any atom is -0.395 e. The first kappa shape index (κ1) is 18.7. The normalized spacial score (nSPS) is 15.2. The smallest absolute Gasteiger partial charge is 0.355 e. The highest BCUT2D eigenvalue weighted by Crippen LogP contribution is 2.20. The van der Waals surface area contributed by atoms with Crippen LogP contribution in [0.4, 0.5) is 5.95 Å². The molecule has 0 radical (unpaired) electrons. The number of halogens is 1. The molecule has 2 aromatic rings. The fourth-order valence-electron chi connectivity index (χ4n) is 3.28. The molecule has 0 saturated heterocycles. The lowest BCUT2D eigenvalue weighted by atomic mass is 9.96. The van der Waals surface area contributed by atoms with Gasteiger partial charge in [-0.1, -0.05) is 43.0 Å². The number of rotatable bonds is 6. The maximum atomic E-state index is 12.8. The largest absolute Gasteiger partial charge is 0.395 e. The minimum absolute atomic E-state index is 0.0744. The van der Waals surface area contributed by atoms with Crippen molar-refractivity contribution in [3.8, 4) is 0 Å². The molecule has 1 heterocycles. The number of hydrogen-bond acceptors (Lipinski definition) is 5. The molecule has 26 heavy (non-hydrogen) atoms. The van der Waals surface area contributed by atoms with E-state index in [0.717, 1.165) is 35.8 Å². The number of aliphatic hydroxyl groups is 1. The average Bonchev–Trinajstić information content (AvgIpc) is 2.64. The Bertz CT molecular complexity index is 854. The van der Waals surface area contributed by atoms with E-state index in [-0.39, 0.29) is 31.7 Å². The summed E-state index contributed by atoms with van der Waals surface area (Å²) in [5.74, 6) is 0.288. The van der Waals surface area contributed by atoms with Crippen molar-refractivity contribution in [1.82, 2.24) is 14.1 Å². The Morgan fingerprint density at radius 1 is 1.12 bits per heavy atom. The van der Waals surface area contributed by atoms with Crippen LogP contribution in [0.2, 0.25) is 5.02 Å². The Hall–Kier alpha value is -2.12. The maximum absolute atomic E-state index is 12.8. The third-order valence-corrected chi connectivity index (χ3v) is 4.92. The number of anilines is 1. The van der Waals surface area contributed by atoms with Crippen LogP contribution < -0.4 is 16.7 Å². The highest BCUT2D eigenvalue weighted by atomic mass is 35.5. The van der Waals surface area contributed by atoms with Crippen LogP contribution in [0.1, 0.15) is 37.7 Å². The second-order valence-corrected chi connectivity index (χ2v) is 7.00. The summed E-state index contributed by atoms with van der Waals surface area (Å²) in [5.41, 5.74) is -0.249. The number of nitrogens with zero attached hydrogens (tertiary/aromatic N) is 3. The lowest BCUT2D eigenvalue weighted by Crippen LogP contribution is -2.44. The number of benzene rings is 1. The summed E-state index contributed by atoms with van der Waals surface area (Å²) in [6.45, 7) is -0.105. The van der Waals surface area contributed by atoms with Gasteiger partial charge >= 0.3 is 11.4 Å². The summed E-state index contributed by atoms with van der Waals surface area (Å²) < 4.78 is 2.41. The third-order valence-electron chi connectivity index (χ3n) is 4.67. The van der Waals surface area contributed by atoms with Gasteiger partial charge in [-0.25, -0.2) is 14.2 Å². The van der Waals surface area contributed by atoms with E-state index in [2.05, 4.69) is 10.3 Å². The first-order chi connectivity index (χ1) is 12.6. The van der Waals surface area contributed by atoms with Crippen molar-refractivity contribution < 1.29 is 5.11 Å². The summed E-state index contributed by atoms with van der Waals surface area (Å²) in [5, 5.41) is 13.0. The zero-order valence-electron chi connectivity index (χ0n) is 14.5. The van der Waals surface area contributed by atoms with Crippen molar-refractivity contribution in [3.63, 3.8) is 0 Å². The SMILES string of the molecule is O=c1nc(NC2CCCCC2)n(Cc2ccc(Cl)cc2)c(=O)n1CCO. The molecular formula is C18H23ClN4O3. The van der Waals surface area contributed by atoms with Crippen LogP contribution in [0.5, 0.6) is 0 Å². The van der Waals surface area contributed by atoms with Gasteiger partial charge in [0.1, 0.15) is 0 Å². The highest BCUT2D eigenvalue weighted by Gasteiger charge is 2.18. The molecule has 1 aliphatic carbocycles. The van der Waals surface area contributed by atoms with Crippen LogP contribution in [0.25, 0.3) is 0 Å². The zero-order valence-corrected chi connectivity index (χ0v) is 15.3. The minimum atomic E-state index is -0.644. The van der Waals surface area contributed by atoms with Gasteiger partial charge in [0.25, 0.3) is 0 Å². The molecule has 1 aliphatic rings. The van der Waals surface area contributed by atoms with Gasteiger partial charge in [0, 0.05) is 11.1 Å². The molecule has 0 bridgehead atoms. The maximum Gasteiger partial charge on any atom is 0.355 e. The van der Waals surface area contributed by atoms with E-state index in [1.807, 2.05) is 12.1 Å². The lowest BCUT2D eigenvalue weighted by Gasteiger charge is -2.25. The molecular weight excluding hydrogens is 356 g/mol. The molecule has 140 valence electrons. The molecule has 1 aromatic carbocycles. The van der Waals surface area contributed by atoms with Crippen molar-refractivity contribution in [1.29, 1.82) is 0 Å². The molecule has 3 rings (SSSR count). The van der Waals surface area contributed by atoms with Crippen LogP contribution in [-0.4, -0.2) is 31.9 Å². The number of aliphatic hydroxyl groups excluding tert-OH is 1. The molecule has 0 amide bonds. The molecule has 7 nitrogen and oxygen atoms in total. The summed E-state index contributed by atoms with van der Waals surface area (Å²) in [7, 11) is 0. The van der Waals surface area contributed by atoms with Crippen LogP contribution in [0, 0.1) is 0 Å². The monoisotopic (exact) mass is 378 g/mol. The van der Waals surface area contributed by atoms with Gasteiger partial charge in [0.2, 0.25) is 5.95 Å². The first-order valence-corrected chi connectivity index (χ1v) is 9.30. The van der Waals surface area contributed by atoms with Gasteiger partial charge in [0.05, 0.1) is 19.7 Å². The summed E-state index contributed by atoms with van der Waals surface area (Å²) in [6.07, 6.45) is 5.45. The Labute approximate surface area is 156 Å². The van der Waals surface area contributed by atoms with Crippen LogP contribution in [-0.2, 0) is 13.1 Å². The number of aromatic nitrogens is 3. The summed E-state index contributed by atoms with van der Waals surface area (Å²) in [4.78, 5) is 29.1. The summed E-state index contributed by atoms with van der Waals surface area (Å²) >= 11 is 5.93. The highest BCUT2D eigenvalue weighted by molar-refractivity contribution is 6.30. The fraction of sp³-hybridized carbons (Fsp3) is 0.500. The van der Waals surface area contributed by atoms with Crippen LogP contribution in [0.3, 0.4) is 0 Å². The zero-order chi connectivity index (χ0) is 18.5. The van der Waals surface area contributed by atoms with E-state index in [1.54, 1.807) is 12.1 Å². The van der Waals surface area contributed by atoms with Crippen LogP contribution >= 0.6 is 11.6 Å². The second kappa shape index (κ2) is 8.51. The molecule has 1 fully saturated rings. The van der Waals surface area contributed by atoms with Crippen molar-refractivity contribution in [2.45, 2.75) is 51.2 Å². The van der Waals surface area contributed by atoms with E-state index in [0.29, 0.717) is 5.02 Å². The molecule has 0 unspecified atom stereocenters. The standard InChI is InChI=1S/C18H23ClN4O3/c19-14-8-6-13(7-9-14)12-23-16(20-15-4-2-1-3-5-15)21-17(25)22(10-11-24)18(23)26/h6-9,15,24H,1-5,10-12H2,(H,20,21,25). The fourth-order valence-corrected chi connectivity index (χ4v) is 3.40. The molecule has 8 heteroatoms. The molecule has 0 aliphatic heterocycles. The third kappa shape index (κ3) is 4.34. The van der Waals surface area contributed by atoms with Gasteiger partial charge in [-0.05, 0) is 30.5 Å². The van der Waals surface area contributed by atoms with Gasteiger partial charge in [-0.2, -0.15) is 4.98 Å². The molecule has 1 aromatic heterocycles. The number of hydrogen-bond donors (Lipinski definition) is 2. The number of nitrogens with one attached hydrogen (secondary N) is 1. The van der Waals surface area contributed by atoms with Gasteiger partial charge < -0.3 is 10.4 Å². The van der Waals surface area contributed by atoms with Crippen molar-refractivity contribution in [3.05, 3.63) is 55.8 Å². The lowest BCUT2D eigenvalue weighted by molar-refractivity contribution is 0.268. The van der Waals surface area contributed by atoms with E-state index in [9.17, 15) is 9.59 Å². The van der Waals surface area contributed by atoms with Crippen molar-refractivity contribution >= 4 is 17.5 Å². The van der Waals surface area contributed by atoms with E-state index < -0.39 is 11.4 Å². The quantitative estimate of drug-likeness (QED) is 0.800. The van der Waals surface area contributed by atoms with Crippen molar-refractivity contribution in [2.24, 2.45) is 0 Å². The first-order valence-electron chi connectivity index (χ1n) is 8.92. The molecule has 0 atom stereocenters. The topological polar surface area (TPSA) is 89.2 Å². The second-order valence-electron chi connectivity index (χ2n) is 6.57. The molecule has 2 N–H and O–H groups in total. The summed E-state index contributed by atoms with van der Waals surface area (Å²) in [6, 6.07) is 7.39. The predicted octanol–water partition coefficient (Wildman–Crippen LogP) is 1.84. The molecule has 0 spiro atoms. The van der Waals surface area contributed by atoms with E-state index in [1.165, 1.54) is 11.0 Å². The average molecular weight is 379 g/mol. The molecule has 1 saturated carbocycles. The van der Waals surface area contributed by atoms with E-state index >= 15 is 0 Å². The van der Waals surface area contributed by atoms with Gasteiger partial charge in [-0.3, -0.25) is 4.57 Å². The van der Waals surface area contributed by atoms with Crippen LogP contribution in [0.15, 0.2) is 33.9 Å². The Morgan fingerprint density at radius 2 is 1.81 bits per heavy atom. The Balaban J connectivity index is 1.99. The van der Waals surface area contributed by atoms with Crippen molar-refractivity contribution in [2.75, 3.05) is 11.9 Å². The predicted molar refractivity (Wildman–Crippen MR) is 101 cm³/mol. The van der Waals surface area contributed by atoms with E-state index in [4.69, 9.17) is 16.7 Å². The Kier molecular flexibility index (Phi) is 6.11. The Morgan fingerprint density at radius 3 is 2.46 bits per heavy atom.